The third-order valence-corrected chi connectivity index (χ3v) is 6.49. The number of nitrogens with one attached hydrogen (secondary N) is 1. The lowest BCUT2D eigenvalue weighted by Crippen LogP contribution is -2.43. The van der Waals surface area contributed by atoms with Crippen LogP contribution in [0, 0.1) is 12.7 Å². The van der Waals surface area contributed by atoms with Crippen molar-refractivity contribution in [2.75, 3.05) is 6.54 Å². The van der Waals surface area contributed by atoms with Gasteiger partial charge < -0.3 is 5.32 Å². The van der Waals surface area contributed by atoms with Crippen LogP contribution in [0.2, 0.25) is 0 Å². The Labute approximate surface area is 178 Å². The second-order valence-corrected chi connectivity index (χ2v) is 8.58. The number of halogens is 1. The highest BCUT2D eigenvalue weighted by atomic mass is 19.1. The minimum atomic E-state index is -0.283. The molecule has 1 N–H and O–H groups in total. The summed E-state index contributed by atoms with van der Waals surface area (Å²) >= 11 is 0. The summed E-state index contributed by atoms with van der Waals surface area (Å²) < 4.78 is 13.0. The molecule has 1 atom stereocenters. The Hall–Kier alpha value is -2.34. The molecule has 2 aromatic rings. The highest BCUT2D eigenvalue weighted by Crippen LogP contribution is 2.35. The maximum Gasteiger partial charge on any atom is 0.254 e. The predicted molar refractivity (Wildman–Crippen MR) is 115 cm³/mol. The van der Waals surface area contributed by atoms with Crippen LogP contribution in [-0.2, 0) is 6.54 Å². The van der Waals surface area contributed by atoms with E-state index in [1.54, 1.807) is 18.3 Å². The Bertz CT molecular complexity index is 864. The van der Waals surface area contributed by atoms with Crippen molar-refractivity contribution in [3.8, 4) is 0 Å². The van der Waals surface area contributed by atoms with Crippen molar-refractivity contribution in [3.05, 3.63) is 58.9 Å². The number of hydrogen-bond donors (Lipinski definition) is 1. The molecule has 0 spiro atoms. The summed E-state index contributed by atoms with van der Waals surface area (Å²) in [7, 11) is 0. The number of nitrogens with zero attached hydrogens (tertiary/aromatic N) is 3. The summed E-state index contributed by atoms with van der Waals surface area (Å²) in [5.41, 5.74) is 2.07. The molecule has 1 amide bonds. The molecule has 160 valence electrons. The van der Waals surface area contributed by atoms with E-state index in [1.165, 1.54) is 57.1 Å². The van der Waals surface area contributed by atoms with Gasteiger partial charge in [0.25, 0.3) is 5.91 Å². The molecule has 6 heteroatoms. The van der Waals surface area contributed by atoms with Gasteiger partial charge in [-0.2, -0.15) is 0 Å². The SMILES string of the molecule is Cc1nc([C@@H]2CCCCN2C2CCCCC2)ncc1C(=O)NCc1ccc(F)cc1. The number of aromatic nitrogens is 2. The number of piperidine rings is 1. The highest BCUT2D eigenvalue weighted by Gasteiger charge is 2.32. The first-order valence-electron chi connectivity index (χ1n) is 11.2. The van der Waals surface area contributed by atoms with Crippen molar-refractivity contribution in [2.45, 2.75) is 76.9 Å². The molecule has 1 saturated heterocycles. The maximum atomic E-state index is 13.0. The monoisotopic (exact) mass is 410 g/mol. The highest BCUT2D eigenvalue weighted by molar-refractivity contribution is 5.94. The zero-order valence-electron chi connectivity index (χ0n) is 17.7. The first kappa shape index (κ1) is 20.9. The number of carbonyl (C=O) groups is 1. The fourth-order valence-corrected chi connectivity index (χ4v) is 4.83. The van der Waals surface area contributed by atoms with Gasteiger partial charge in [0.2, 0.25) is 0 Å². The standard InChI is InChI=1S/C24H31FN4O/c1-17-21(24(30)27-15-18-10-12-19(25)13-11-18)16-26-23(28-17)22-9-5-6-14-29(22)20-7-3-2-4-8-20/h10-13,16,20,22H,2-9,14-15H2,1H3,(H,27,30)/t22-/m0/s1. The van der Waals surface area contributed by atoms with Crippen LogP contribution in [0.15, 0.2) is 30.5 Å². The zero-order valence-corrected chi connectivity index (χ0v) is 17.7. The molecular formula is C24H31FN4O. The summed E-state index contributed by atoms with van der Waals surface area (Å²) in [6.45, 7) is 3.35. The van der Waals surface area contributed by atoms with Crippen LogP contribution in [0.1, 0.15) is 84.8 Å². The normalized spacial score (nSPS) is 20.8. The van der Waals surface area contributed by atoms with Gasteiger partial charge >= 0.3 is 0 Å². The molecule has 30 heavy (non-hydrogen) atoms. The van der Waals surface area contributed by atoms with Crippen LogP contribution in [0.3, 0.4) is 0 Å². The number of rotatable bonds is 5. The third kappa shape index (κ3) is 4.86. The van der Waals surface area contributed by atoms with Crippen LogP contribution in [0.25, 0.3) is 0 Å². The topological polar surface area (TPSA) is 58.1 Å². The molecule has 1 aliphatic carbocycles. The van der Waals surface area contributed by atoms with Gasteiger partial charge in [-0.15, -0.1) is 0 Å². The first-order valence-corrected chi connectivity index (χ1v) is 11.2. The van der Waals surface area contributed by atoms with Gasteiger partial charge in [-0.25, -0.2) is 14.4 Å². The van der Waals surface area contributed by atoms with Gasteiger partial charge in [-0.05, 0) is 56.8 Å². The quantitative estimate of drug-likeness (QED) is 0.775. The number of carbonyl (C=O) groups excluding carboxylic acids is 1. The predicted octanol–water partition coefficient (Wildman–Crippen LogP) is 4.71. The van der Waals surface area contributed by atoms with Gasteiger partial charge in [0, 0.05) is 18.8 Å². The Kier molecular flexibility index (Phi) is 6.72. The summed E-state index contributed by atoms with van der Waals surface area (Å²) in [6, 6.07) is 7.04. The molecule has 0 unspecified atom stereocenters. The number of aryl methyl sites for hydroxylation is 1. The lowest BCUT2D eigenvalue weighted by Gasteiger charge is -2.42. The van der Waals surface area contributed by atoms with E-state index in [2.05, 4.69) is 15.2 Å². The molecule has 2 fully saturated rings. The van der Waals surface area contributed by atoms with Crippen LogP contribution >= 0.6 is 0 Å². The van der Waals surface area contributed by atoms with E-state index in [4.69, 9.17) is 4.98 Å². The number of amides is 1. The summed E-state index contributed by atoms with van der Waals surface area (Å²) in [6.07, 6.45) is 11.8. The summed E-state index contributed by atoms with van der Waals surface area (Å²) in [5.74, 6) is 0.374. The van der Waals surface area contributed by atoms with E-state index >= 15 is 0 Å². The van der Waals surface area contributed by atoms with Crippen LogP contribution in [0.5, 0.6) is 0 Å². The third-order valence-electron chi connectivity index (χ3n) is 6.49. The molecule has 2 heterocycles. The Balaban J connectivity index is 1.44. The van der Waals surface area contributed by atoms with Gasteiger partial charge in [-0.3, -0.25) is 9.69 Å². The van der Waals surface area contributed by atoms with E-state index in [9.17, 15) is 9.18 Å². The lowest BCUT2D eigenvalue weighted by atomic mass is 9.90. The first-order chi connectivity index (χ1) is 14.6. The van der Waals surface area contributed by atoms with Crippen LogP contribution < -0.4 is 5.32 Å². The fraction of sp³-hybridized carbons (Fsp3) is 0.542. The molecule has 1 aromatic heterocycles. The second kappa shape index (κ2) is 9.65. The van der Waals surface area contributed by atoms with Crippen molar-refractivity contribution >= 4 is 5.91 Å². The van der Waals surface area contributed by atoms with Crippen LogP contribution in [-0.4, -0.2) is 33.4 Å². The van der Waals surface area contributed by atoms with Gasteiger partial charge in [0.15, 0.2) is 0 Å². The van der Waals surface area contributed by atoms with E-state index in [0.717, 1.165) is 24.4 Å². The molecule has 0 radical (unpaired) electrons. The number of benzene rings is 1. The molecule has 4 rings (SSSR count). The minimum Gasteiger partial charge on any atom is -0.348 e. The maximum absolute atomic E-state index is 13.0. The Morgan fingerprint density at radius 3 is 2.57 bits per heavy atom. The van der Waals surface area contributed by atoms with E-state index in [1.807, 2.05) is 6.92 Å². The van der Waals surface area contributed by atoms with Gasteiger partial charge in [-0.1, -0.05) is 37.8 Å². The molecular weight excluding hydrogens is 379 g/mol. The van der Waals surface area contributed by atoms with Gasteiger partial charge in [0.1, 0.15) is 11.6 Å². The molecule has 1 saturated carbocycles. The zero-order chi connectivity index (χ0) is 20.9. The number of likely N-dealkylation sites (tertiary alicyclic amines) is 1. The van der Waals surface area contributed by atoms with Crippen molar-refractivity contribution in [3.63, 3.8) is 0 Å². The molecule has 5 nitrogen and oxygen atoms in total. The van der Waals surface area contributed by atoms with Crippen molar-refractivity contribution in [1.29, 1.82) is 0 Å². The van der Waals surface area contributed by atoms with Gasteiger partial charge in [0.05, 0.1) is 17.3 Å². The minimum absolute atomic E-state index is 0.198. The lowest BCUT2D eigenvalue weighted by molar-refractivity contribution is 0.0674. The fourth-order valence-electron chi connectivity index (χ4n) is 4.83. The van der Waals surface area contributed by atoms with Crippen molar-refractivity contribution in [2.24, 2.45) is 0 Å². The molecule has 1 aliphatic heterocycles. The van der Waals surface area contributed by atoms with E-state index in [-0.39, 0.29) is 17.8 Å². The average Bonchev–Trinajstić information content (AvgIpc) is 2.79. The molecule has 0 bridgehead atoms. The van der Waals surface area contributed by atoms with E-state index in [0.29, 0.717) is 23.8 Å². The summed E-state index contributed by atoms with van der Waals surface area (Å²) in [5, 5.41) is 2.88. The second-order valence-electron chi connectivity index (χ2n) is 8.58. The number of hydrogen-bond acceptors (Lipinski definition) is 4. The molecule has 2 aliphatic rings. The average molecular weight is 411 g/mol. The Morgan fingerprint density at radius 2 is 1.83 bits per heavy atom. The van der Waals surface area contributed by atoms with E-state index < -0.39 is 0 Å². The Morgan fingerprint density at radius 1 is 1.10 bits per heavy atom. The largest absolute Gasteiger partial charge is 0.348 e. The smallest absolute Gasteiger partial charge is 0.254 e. The summed E-state index contributed by atoms with van der Waals surface area (Å²) in [4.78, 5) is 24.7. The van der Waals surface area contributed by atoms with Crippen molar-refractivity contribution < 1.29 is 9.18 Å². The van der Waals surface area contributed by atoms with Crippen molar-refractivity contribution in [1.82, 2.24) is 20.2 Å². The molecule has 1 aromatic carbocycles. The van der Waals surface area contributed by atoms with Crippen LogP contribution in [0.4, 0.5) is 4.39 Å².